The molecule has 0 bridgehead atoms. The maximum atomic E-state index is 11.9. The van der Waals surface area contributed by atoms with E-state index in [-0.39, 0.29) is 5.56 Å². The quantitative estimate of drug-likeness (QED) is 0.698. The van der Waals surface area contributed by atoms with Gasteiger partial charge in [-0.1, -0.05) is 12.2 Å². The van der Waals surface area contributed by atoms with Gasteiger partial charge in [0, 0.05) is 32.5 Å². The SMILES string of the molecule is C=C(C)CN(C)c1nccn(CC)c1=O. The van der Waals surface area contributed by atoms with Gasteiger partial charge in [-0.05, 0) is 13.8 Å². The first-order valence-electron chi connectivity index (χ1n) is 4.97. The topological polar surface area (TPSA) is 38.1 Å². The molecule has 0 N–H and O–H groups in total. The van der Waals surface area contributed by atoms with E-state index in [0.717, 1.165) is 5.57 Å². The van der Waals surface area contributed by atoms with Crippen LogP contribution in [0.15, 0.2) is 29.3 Å². The Labute approximate surface area is 89.9 Å². The van der Waals surface area contributed by atoms with Crippen LogP contribution in [0.3, 0.4) is 0 Å². The zero-order chi connectivity index (χ0) is 11.4. The van der Waals surface area contributed by atoms with Crippen LogP contribution in [-0.2, 0) is 6.54 Å². The average molecular weight is 207 g/mol. The van der Waals surface area contributed by atoms with Crippen molar-refractivity contribution in [3.63, 3.8) is 0 Å². The lowest BCUT2D eigenvalue weighted by molar-refractivity contribution is 0.711. The lowest BCUT2D eigenvalue weighted by atomic mass is 10.3. The third-order valence-corrected chi connectivity index (χ3v) is 2.10. The molecule has 4 heteroatoms. The summed E-state index contributed by atoms with van der Waals surface area (Å²) >= 11 is 0. The Morgan fingerprint density at radius 3 is 2.87 bits per heavy atom. The van der Waals surface area contributed by atoms with Crippen LogP contribution in [0, 0.1) is 0 Å². The molecule has 0 amide bonds. The molecule has 4 nitrogen and oxygen atoms in total. The van der Waals surface area contributed by atoms with Crippen molar-refractivity contribution in [3.8, 4) is 0 Å². The molecule has 1 rings (SSSR count). The molecule has 0 saturated heterocycles. The predicted octanol–water partition coefficient (Wildman–Crippen LogP) is 1.28. The number of aryl methyl sites for hydroxylation is 1. The number of anilines is 1. The van der Waals surface area contributed by atoms with Gasteiger partial charge in [0.1, 0.15) is 0 Å². The second-order valence-corrected chi connectivity index (χ2v) is 3.66. The van der Waals surface area contributed by atoms with E-state index in [0.29, 0.717) is 18.9 Å². The molecule has 1 aromatic rings. The molecule has 1 heterocycles. The Bertz CT molecular complexity index is 409. The van der Waals surface area contributed by atoms with Gasteiger partial charge in [0.25, 0.3) is 5.56 Å². The highest BCUT2D eigenvalue weighted by Gasteiger charge is 2.08. The van der Waals surface area contributed by atoms with Gasteiger partial charge in [-0.3, -0.25) is 4.79 Å². The van der Waals surface area contributed by atoms with Crippen molar-refractivity contribution in [2.75, 3.05) is 18.5 Å². The van der Waals surface area contributed by atoms with Crippen LogP contribution in [-0.4, -0.2) is 23.1 Å². The van der Waals surface area contributed by atoms with Crippen LogP contribution in [0.4, 0.5) is 5.82 Å². The van der Waals surface area contributed by atoms with Crippen molar-refractivity contribution in [2.45, 2.75) is 20.4 Å². The molecule has 0 atom stereocenters. The lowest BCUT2D eigenvalue weighted by Gasteiger charge is -2.17. The normalized spacial score (nSPS) is 10.1. The van der Waals surface area contributed by atoms with E-state index in [1.165, 1.54) is 0 Å². The van der Waals surface area contributed by atoms with E-state index >= 15 is 0 Å². The van der Waals surface area contributed by atoms with E-state index in [1.807, 2.05) is 25.8 Å². The number of likely N-dealkylation sites (N-methyl/N-ethyl adjacent to an activating group) is 1. The Balaban J connectivity index is 3.04. The van der Waals surface area contributed by atoms with Crippen LogP contribution in [0.5, 0.6) is 0 Å². The van der Waals surface area contributed by atoms with Crippen molar-refractivity contribution in [1.82, 2.24) is 9.55 Å². The Kier molecular flexibility index (Phi) is 3.66. The summed E-state index contributed by atoms with van der Waals surface area (Å²) in [6.07, 6.45) is 3.34. The minimum absolute atomic E-state index is 0.0521. The van der Waals surface area contributed by atoms with Crippen LogP contribution in [0.2, 0.25) is 0 Å². The molecule has 82 valence electrons. The Hall–Kier alpha value is -1.58. The highest BCUT2D eigenvalue weighted by Crippen LogP contribution is 2.02. The van der Waals surface area contributed by atoms with Crippen LogP contribution in [0.25, 0.3) is 0 Å². The van der Waals surface area contributed by atoms with Crippen molar-refractivity contribution in [1.29, 1.82) is 0 Å². The maximum Gasteiger partial charge on any atom is 0.293 e. The molecule has 0 aromatic carbocycles. The summed E-state index contributed by atoms with van der Waals surface area (Å²) in [5, 5.41) is 0. The number of hydrogen-bond acceptors (Lipinski definition) is 3. The molecule has 0 aliphatic carbocycles. The molecule has 0 saturated carbocycles. The molecule has 0 aliphatic rings. The van der Waals surface area contributed by atoms with Gasteiger partial charge in [0.05, 0.1) is 0 Å². The molecule has 1 aromatic heterocycles. The fraction of sp³-hybridized carbons (Fsp3) is 0.455. The van der Waals surface area contributed by atoms with E-state index in [9.17, 15) is 4.79 Å². The fourth-order valence-corrected chi connectivity index (χ4v) is 1.43. The van der Waals surface area contributed by atoms with E-state index in [1.54, 1.807) is 17.0 Å². The summed E-state index contributed by atoms with van der Waals surface area (Å²) in [6, 6.07) is 0. The van der Waals surface area contributed by atoms with Crippen LogP contribution < -0.4 is 10.5 Å². The summed E-state index contributed by atoms with van der Waals surface area (Å²) in [7, 11) is 1.85. The van der Waals surface area contributed by atoms with Crippen LogP contribution in [0.1, 0.15) is 13.8 Å². The van der Waals surface area contributed by atoms with Crippen molar-refractivity contribution in [2.24, 2.45) is 0 Å². The monoisotopic (exact) mass is 207 g/mol. The van der Waals surface area contributed by atoms with Gasteiger partial charge >= 0.3 is 0 Å². The highest BCUT2D eigenvalue weighted by atomic mass is 16.1. The summed E-state index contributed by atoms with van der Waals surface area (Å²) in [5.74, 6) is 0.474. The Morgan fingerprint density at radius 1 is 1.67 bits per heavy atom. The molecule has 15 heavy (non-hydrogen) atoms. The first-order chi connectivity index (χ1) is 7.06. The molecule has 0 aliphatic heterocycles. The lowest BCUT2D eigenvalue weighted by Crippen LogP contribution is -2.31. The third-order valence-electron chi connectivity index (χ3n) is 2.10. The van der Waals surface area contributed by atoms with Crippen molar-refractivity contribution >= 4 is 5.82 Å². The van der Waals surface area contributed by atoms with E-state index < -0.39 is 0 Å². The largest absolute Gasteiger partial charge is 0.351 e. The number of nitrogens with zero attached hydrogens (tertiary/aromatic N) is 3. The number of hydrogen-bond donors (Lipinski definition) is 0. The van der Waals surface area contributed by atoms with E-state index in [4.69, 9.17) is 0 Å². The molecule has 0 radical (unpaired) electrons. The molecule has 0 unspecified atom stereocenters. The standard InChI is InChI=1S/C11H17N3O/c1-5-14-7-6-12-10(11(14)15)13(4)8-9(2)3/h6-7H,2,5,8H2,1,3-4H3. The predicted molar refractivity (Wildman–Crippen MR) is 62.3 cm³/mol. The minimum Gasteiger partial charge on any atom is -0.351 e. The van der Waals surface area contributed by atoms with Gasteiger partial charge in [-0.2, -0.15) is 0 Å². The molecular weight excluding hydrogens is 190 g/mol. The minimum atomic E-state index is -0.0521. The first kappa shape index (κ1) is 11.5. The highest BCUT2D eigenvalue weighted by molar-refractivity contribution is 5.36. The molecule has 0 spiro atoms. The van der Waals surface area contributed by atoms with E-state index in [2.05, 4.69) is 11.6 Å². The fourth-order valence-electron chi connectivity index (χ4n) is 1.43. The van der Waals surface area contributed by atoms with Gasteiger partial charge < -0.3 is 9.47 Å². The van der Waals surface area contributed by atoms with Gasteiger partial charge in [-0.25, -0.2) is 4.98 Å². The molecular formula is C11H17N3O. The number of aromatic nitrogens is 2. The van der Waals surface area contributed by atoms with Crippen molar-refractivity contribution < 1.29 is 0 Å². The molecule has 0 fully saturated rings. The Morgan fingerprint density at radius 2 is 2.33 bits per heavy atom. The zero-order valence-corrected chi connectivity index (χ0v) is 9.53. The maximum absolute atomic E-state index is 11.9. The number of rotatable bonds is 4. The van der Waals surface area contributed by atoms with Crippen molar-refractivity contribution in [3.05, 3.63) is 34.9 Å². The van der Waals surface area contributed by atoms with Gasteiger partial charge in [-0.15, -0.1) is 0 Å². The zero-order valence-electron chi connectivity index (χ0n) is 9.53. The third kappa shape index (κ3) is 2.68. The summed E-state index contributed by atoms with van der Waals surface area (Å²) in [4.78, 5) is 17.8. The summed E-state index contributed by atoms with van der Waals surface area (Å²) in [5.41, 5.74) is 0.953. The summed E-state index contributed by atoms with van der Waals surface area (Å²) in [6.45, 7) is 8.99. The second kappa shape index (κ2) is 4.77. The van der Waals surface area contributed by atoms with Gasteiger partial charge in [0.2, 0.25) is 0 Å². The van der Waals surface area contributed by atoms with Gasteiger partial charge in [0.15, 0.2) is 5.82 Å². The summed E-state index contributed by atoms with van der Waals surface area (Å²) < 4.78 is 1.64. The first-order valence-corrected chi connectivity index (χ1v) is 4.97. The smallest absolute Gasteiger partial charge is 0.293 e. The van der Waals surface area contributed by atoms with Crippen LogP contribution >= 0.6 is 0 Å². The second-order valence-electron chi connectivity index (χ2n) is 3.66. The average Bonchev–Trinajstić information content (AvgIpc) is 2.17.